The molecule has 37 heavy (non-hydrogen) atoms. The number of nitrogens with zero attached hydrogens (tertiary/aromatic N) is 2. The molecule has 3 heterocycles. The van der Waals surface area contributed by atoms with Crippen LogP contribution in [0.1, 0.15) is 51.5 Å². The topological polar surface area (TPSA) is 117 Å². The highest BCUT2D eigenvalue weighted by atomic mass is 28.4. The number of aliphatic hydroxyl groups is 1. The van der Waals surface area contributed by atoms with Crippen LogP contribution in [0.25, 0.3) is 0 Å². The van der Waals surface area contributed by atoms with Crippen molar-refractivity contribution in [2.45, 2.75) is 95.5 Å². The fourth-order valence-corrected chi connectivity index (χ4v) is 9.01. The summed E-state index contributed by atoms with van der Waals surface area (Å²) >= 11 is 0. The van der Waals surface area contributed by atoms with Gasteiger partial charge in [-0.3, -0.25) is 19.3 Å². The smallest absolute Gasteiger partial charge is 0.304 e. The summed E-state index contributed by atoms with van der Waals surface area (Å²) in [6.45, 7) is 7.91. The lowest BCUT2D eigenvalue weighted by molar-refractivity contribution is -0.154. The standard InChI is InChI=1S/C27H40N2O7Si/c1-17-22(11-10-19-7-5-8-20(13-19)29-25(33)15-26(29)35-18(2)31)36-23(27(17)37(3,4)34)14-24(32)28-12-6-9-21(28)16-30/h5,7-8,13,17,21-23,26-27,30,34H,6,9-12,14-16H2,1-4H3/t17-,21-,22+,23-,26?,27+/m0/s1. The molecule has 3 aliphatic rings. The molecule has 10 heteroatoms. The minimum absolute atomic E-state index is 0.00750. The van der Waals surface area contributed by atoms with E-state index in [-0.39, 0.29) is 61.0 Å². The molecule has 0 radical (unpaired) electrons. The number of anilines is 1. The molecule has 4 rings (SSSR count). The van der Waals surface area contributed by atoms with Crippen LogP contribution in [-0.4, -0.2) is 78.5 Å². The van der Waals surface area contributed by atoms with Gasteiger partial charge in [0.25, 0.3) is 0 Å². The summed E-state index contributed by atoms with van der Waals surface area (Å²) < 4.78 is 11.7. The summed E-state index contributed by atoms with van der Waals surface area (Å²) in [7, 11) is -2.61. The van der Waals surface area contributed by atoms with E-state index >= 15 is 0 Å². The van der Waals surface area contributed by atoms with E-state index in [0.717, 1.165) is 24.8 Å². The van der Waals surface area contributed by atoms with Crippen molar-refractivity contribution in [3.05, 3.63) is 29.8 Å². The summed E-state index contributed by atoms with van der Waals surface area (Å²) in [5.74, 6) is -0.402. The maximum absolute atomic E-state index is 13.1. The van der Waals surface area contributed by atoms with Gasteiger partial charge < -0.3 is 24.3 Å². The molecule has 9 nitrogen and oxygen atoms in total. The van der Waals surface area contributed by atoms with Crippen molar-refractivity contribution in [2.75, 3.05) is 18.1 Å². The van der Waals surface area contributed by atoms with Gasteiger partial charge in [0, 0.05) is 24.7 Å². The van der Waals surface area contributed by atoms with Crippen LogP contribution in [0.5, 0.6) is 0 Å². The van der Waals surface area contributed by atoms with Gasteiger partial charge in [-0.05, 0) is 62.4 Å². The van der Waals surface area contributed by atoms with E-state index in [1.54, 1.807) is 4.90 Å². The quantitative estimate of drug-likeness (QED) is 0.285. The van der Waals surface area contributed by atoms with Crippen LogP contribution in [0.4, 0.5) is 5.69 Å². The summed E-state index contributed by atoms with van der Waals surface area (Å²) in [5, 5.41) is 9.63. The zero-order valence-electron chi connectivity index (χ0n) is 22.3. The van der Waals surface area contributed by atoms with Gasteiger partial charge in [-0.25, -0.2) is 0 Å². The highest BCUT2D eigenvalue weighted by molar-refractivity contribution is 6.71. The number of aryl methyl sites for hydroxylation is 1. The van der Waals surface area contributed by atoms with Crippen LogP contribution in [0, 0.1) is 5.92 Å². The minimum Gasteiger partial charge on any atom is -0.441 e. The molecule has 1 unspecified atom stereocenters. The van der Waals surface area contributed by atoms with Crippen LogP contribution in [0.3, 0.4) is 0 Å². The van der Waals surface area contributed by atoms with E-state index in [0.29, 0.717) is 18.7 Å². The van der Waals surface area contributed by atoms with Crippen LogP contribution in [0.15, 0.2) is 24.3 Å². The number of carbonyl (C=O) groups is 3. The van der Waals surface area contributed by atoms with Crippen LogP contribution < -0.4 is 4.90 Å². The number of amides is 2. The number of carbonyl (C=O) groups excluding carboxylic acids is 3. The molecule has 3 aliphatic heterocycles. The zero-order valence-corrected chi connectivity index (χ0v) is 23.3. The number of aliphatic hydroxyl groups excluding tert-OH is 1. The molecule has 6 atom stereocenters. The van der Waals surface area contributed by atoms with Crippen LogP contribution in [0.2, 0.25) is 18.6 Å². The number of hydrogen-bond donors (Lipinski definition) is 2. The van der Waals surface area contributed by atoms with Gasteiger partial charge in [-0.1, -0.05) is 19.1 Å². The Hall–Kier alpha value is -2.27. The first kappa shape index (κ1) is 27.8. The molecule has 204 valence electrons. The van der Waals surface area contributed by atoms with Crippen molar-refractivity contribution in [2.24, 2.45) is 5.92 Å². The van der Waals surface area contributed by atoms with Crippen molar-refractivity contribution in [3.8, 4) is 0 Å². The second-order valence-electron chi connectivity index (χ2n) is 11.3. The molecule has 2 amide bonds. The largest absolute Gasteiger partial charge is 0.441 e. The third-order valence-corrected chi connectivity index (χ3v) is 10.6. The van der Waals surface area contributed by atoms with E-state index < -0.39 is 20.5 Å². The molecule has 0 bridgehead atoms. The Morgan fingerprint density at radius 2 is 2.00 bits per heavy atom. The fourth-order valence-electron chi connectivity index (χ4n) is 6.40. The number of β-lactam (4-membered cyclic amide) rings is 1. The zero-order chi connectivity index (χ0) is 26.9. The number of esters is 1. The Balaban J connectivity index is 1.41. The summed E-state index contributed by atoms with van der Waals surface area (Å²) in [6.07, 6.45) is 2.57. The molecular formula is C27H40N2O7Si. The SMILES string of the molecule is CC(=O)OC1CC(=O)N1c1cccc(CC[C@H]2O[C@@H](CC(=O)N3CCC[C@H]3CO)[C@H]([Si](C)(C)O)[C@H]2C)c1. The van der Waals surface area contributed by atoms with Gasteiger partial charge in [-0.2, -0.15) is 0 Å². The Bertz CT molecular complexity index is 1010. The second kappa shape index (κ2) is 11.2. The molecule has 2 N–H and O–H groups in total. The lowest BCUT2D eigenvalue weighted by atomic mass is 9.94. The number of benzene rings is 1. The summed E-state index contributed by atoms with van der Waals surface area (Å²) in [5.41, 5.74) is 1.68. The summed E-state index contributed by atoms with van der Waals surface area (Å²) in [4.78, 5) is 51.0. The van der Waals surface area contributed by atoms with Gasteiger partial charge >= 0.3 is 5.97 Å². The van der Waals surface area contributed by atoms with Crippen molar-refractivity contribution >= 4 is 31.8 Å². The normalized spacial score (nSPS) is 29.9. The number of hydrogen-bond acceptors (Lipinski definition) is 7. The van der Waals surface area contributed by atoms with Crippen molar-refractivity contribution in [1.29, 1.82) is 0 Å². The van der Waals surface area contributed by atoms with Crippen LogP contribution in [-0.2, 0) is 30.3 Å². The molecule has 0 aliphatic carbocycles. The highest BCUT2D eigenvalue weighted by Crippen LogP contribution is 2.46. The predicted octanol–water partition coefficient (Wildman–Crippen LogP) is 2.59. The molecule has 3 saturated heterocycles. The maximum Gasteiger partial charge on any atom is 0.304 e. The first-order valence-corrected chi connectivity index (χ1v) is 16.4. The Morgan fingerprint density at radius 1 is 1.24 bits per heavy atom. The maximum atomic E-state index is 13.1. The lowest BCUT2D eigenvalue weighted by Gasteiger charge is -2.39. The lowest BCUT2D eigenvalue weighted by Crippen LogP contribution is -2.54. The van der Waals surface area contributed by atoms with Gasteiger partial charge in [0.1, 0.15) is 0 Å². The minimum atomic E-state index is -2.61. The number of rotatable bonds is 9. The molecule has 0 aromatic heterocycles. The van der Waals surface area contributed by atoms with Crippen molar-refractivity contribution in [1.82, 2.24) is 4.90 Å². The van der Waals surface area contributed by atoms with E-state index in [1.165, 1.54) is 11.8 Å². The Morgan fingerprint density at radius 3 is 2.65 bits per heavy atom. The van der Waals surface area contributed by atoms with E-state index in [9.17, 15) is 24.3 Å². The summed E-state index contributed by atoms with van der Waals surface area (Å²) in [6, 6.07) is 7.55. The van der Waals surface area contributed by atoms with E-state index in [2.05, 4.69) is 6.92 Å². The molecular weight excluding hydrogens is 492 g/mol. The van der Waals surface area contributed by atoms with E-state index in [1.807, 2.05) is 37.4 Å². The van der Waals surface area contributed by atoms with Crippen molar-refractivity contribution < 1.29 is 33.8 Å². The fraction of sp³-hybridized carbons (Fsp3) is 0.667. The monoisotopic (exact) mass is 532 g/mol. The number of ether oxygens (including phenoxy) is 2. The van der Waals surface area contributed by atoms with Crippen LogP contribution >= 0.6 is 0 Å². The third-order valence-electron chi connectivity index (χ3n) is 8.12. The molecule has 0 spiro atoms. The van der Waals surface area contributed by atoms with Gasteiger partial charge in [0.2, 0.25) is 11.8 Å². The first-order chi connectivity index (χ1) is 17.5. The van der Waals surface area contributed by atoms with Gasteiger partial charge in [-0.15, -0.1) is 0 Å². The first-order valence-electron chi connectivity index (χ1n) is 13.4. The molecule has 0 saturated carbocycles. The second-order valence-corrected chi connectivity index (χ2v) is 15.2. The Labute approximate surface area is 219 Å². The Kier molecular flexibility index (Phi) is 8.42. The molecule has 1 aromatic carbocycles. The van der Waals surface area contributed by atoms with E-state index in [4.69, 9.17) is 9.47 Å². The molecule has 3 fully saturated rings. The average molecular weight is 533 g/mol. The third kappa shape index (κ3) is 6.08. The van der Waals surface area contributed by atoms with Gasteiger partial charge in [0.15, 0.2) is 14.5 Å². The molecule has 1 aromatic rings. The average Bonchev–Trinajstić information content (AvgIpc) is 3.41. The van der Waals surface area contributed by atoms with Gasteiger partial charge in [0.05, 0.1) is 37.7 Å². The highest BCUT2D eigenvalue weighted by Gasteiger charge is 2.50. The predicted molar refractivity (Wildman–Crippen MR) is 140 cm³/mol. The van der Waals surface area contributed by atoms with Crippen molar-refractivity contribution in [3.63, 3.8) is 0 Å². The number of likely N-dealkylation sites (tertiary alicyclic amines) is 1.